The molecular formula is C41H29N5O6. The smallest absolute Gasteiger partial charge is 0.336 e. The van der Waals surface area contributed by atoms with Crippen LogP contribution in [0.5, 0.6) is 0 Å². The number of pyridine rings is 2. The molecule has 0 spiro atoms. The number of nitrogens with one attached hydrogen (secondary N) is 2. The van der Waals surface area contributed by atoms with E-state index in [1.807, 2.05) is 60.7 Å². The lowest BCUT2D eigenvalue weighted by molar-refractivity contribution is 0.0696. The van der Waals surface area contributed by atoms with E-state index in [-0.39, 0.29) is 41.0 Å². The van der Waals surface area contributed by atoms with E-state index in [4.69, 9.17) is 10.2 Å². The zero-order chi connectivity index (χ0) is 35.9. The highest BCUT2D eigenvalue weighted by Gasteiger charge is 2.27. The third-order valence-corrected chi connectivity index (χ3v) is 9.20. The summed E-state index contributed by atoms with van der Waals surface area (Å²) >= 11 is 0. The van der Waals surface area contributed by atoms with Gasteiger partial charge in [0.15, 0.2) is 5.43 Å². The molecule has 11 heteroatoms. The van der Waals surface area contributed by atoms with Crippen molar-refractivity contribution in [2.45, 2.75) is 13.1 Å². The SMILES string of the molecule is Nc1ccc2c(-c3ccc(C(=O)O)cc3C(=O)O)c3ccc(=O)c(CNc4cccc5cccnc45)c-3oc2c1CNc1cccc2cccnc12. The summed E-state index contributed by atoms with van der Waals surface area (Å²) in [6, 6.07) is 29.6. The molecule has 254 valence electrons. The summed E-state index contributed by atoms with van der Waals surface area (Å²) in [4.78, 5) is 47.3. The molecule has 6 N–H and O–H groups in total. The zero-order valence-electron chi connectivity index (χ0n) is 27.4. The summed E-state index contributed by atoms with van der Waals surface area (Å²) in [6.45, 7) is 0.255. The van der Waals surface area contributed by atoms with Crippen molar-refractivity contribution >= 4 is 61.8 Å². The first-order chi connectivity index (χ1) is 25.3. The molecule has 8 rings (SSSR count). The van der Waals surface area contributed by atoms with Crippen LogP contribution in [0.3, 0.4) is 0 Å². The van der Waals surface area contributed by atoms with E-state index in [0.29, 0.717) is 44.6 Å². The molecule has 0 saturated heterocycles. The predicted molar refractivity (Wildman–Crippen MR) is 201 cm³/mol. The third kappa shape index (κ3) is 5.56. The van der Waals surface area contributed by atoms with Crippen molar-refractivity contribution < 1.29 is 24.2 Å². The Morgan fingerprint density at radius 3 is 1.94 bits per heavy atom. The molecule has 0 bridgehead atoms. The number of carboxylic acid groups (broad SMARTS) is 2. The normalized spacial score (nSPS) is 11.3. The van der Waals surface area contributed by atoms with Crippen molar-refractivity contribution in [3.63, 3.8) is 0 Å². The minimum Gasteiger partial charge on any atom is -0.478 e. The fraction of sp³-hybridized carbons (Fsp3) is 0.0488. The molecule has 0 saturated carbocycles. The van der Waals surface area contributed by atoms with Gasteiger partial charge in [-0.15, -0.1) is 0 Å². The summed E-state index contributed by atoms with van der Waals surface area (Å²) < 4.78 is 6.71. The van der Waals surface area contributed by atoms with Gasteiger partial charge in [0.2, 0.25) is 0 Å². The summed E-state index contributed by atoms with van der Waals surface area (Å²) in [7, 11) is 0. The lowest BCUT2D eigenvalue weighted by atomic mass is 9.87. The van der Waals surface area contributed by atoms with Gasteiger partial charge in [0.1, 0.15) is 11.3 Å². The zero-order valence-corrected chi connectivity index (χ0v) is 27.4. The van der Waals surface area contributed by atoms with Gasteiger partial charge in [0.25, 0.3) is 0 Å². The first-order valence-corrected chi connectivity index (χ1v) is 16.3. The highest BCUT2D eigenvalue weighted by Crippen LogP contribution is 2.44. The number of nitrogens with zero attached hydrogens (tertiary/aromatic N) is 2. The number of hydrogen-bond donors (Lipinski definition) is 5. The number of anilines is 3. The monoisotopic (exact) mass is 687 g/mol. The van der Waals surface area contributed by atoms with Gasteiger partial charge in [-0.1, -0.05) is 42.5 Å². The number of benzene rings is 5. The van der Waals surface area contributed by atoms with Crippen LogP contribution in [0, 0.1) is 0 Å². The largest absolute Gasteiger partial charge is 0.478 e. The van der Waals surface area contributed by atoms with E-state index in [9.17, 15) is 24.6 Å². The van der Waals surface area contributed by atoms with Crippen LogP contribution in [-0.4, -0.2) is 32.1 Å². The number of nitrogens with two attached hydrogens (primary N) is 1. The summed E-state index contributed by atoms with van der Waals surface area (Å²) in [5, 5.41) is 29.2. The van der Waals surface area contributed by atoms with Crippen LogP contribution in [0.4, 0.5) is 17.1 Å². The number of aromatic nitrogens is 2. The fourth-order valence-corrected chi connectivity index (χ4v) is 6.70. The van der Waals surface area contributed by atoms with Gasteiger partial charge >= 0.3 is 11.9 Å². The van der Waals surface area contributed by atoms with E-state index in [1.165, 1.54) is 18.2 Å². The lowest BCUT2D eigenvalue weighted by Gasteiger charge is -2.21. The topological polar surface area (TPSA) is 181 Å². The Kier molecular flexibility index (Phi) is 7.92. The molecule has 0 atom stereocenters. The number of fused-ring (bicyclic) bond motifs is 4. The molecule has 1 aliphatic carbocycles. The second-order valence-electron chi connectivity index (χ2n) is 12.2. The number of aromatic carboxylic acids is 2. The molecular weight excluding hydrogens is 658 g/mol. The van der Waals surface area contributed by atoms with Crippen LogP contribution < -0.4 is 21.8 Å². The van der Waals surface area contributed by atoms with E-state index in [2.05, 4.69) is 20.6 Å². The van der Waals surface area contributed by atoms with Crippen molar-refractivity contribution in [2.24, 2.45) is 0 Å². The molecule has 4 aromatic carbocycles. The average molecular weight is 688 g/mol. The van der Waals surface area contributed by atoms with E-state index in [0.717, 1.165) is 33.6 Å². The average Bonchev–Trinajstić information content (AvgIpc) is 3.16. The number of carboxylic acids is 2. The highest BCUT2D eigenvalue weighted by atomic mass is 16.4. The number of carbonyl (C=O) groups is 2. The van der Waals surface area contributed by atoms with Crippen molar-refractivity contribution in [1.29, 1.82) is 0 Å². The maximum atomic E-state index is 13.7. The highest BCUT2D eigenvalue weighted by molar-refractivity contribution is 6.10. The maximum absolute atomic E-state index is 13.7. The van der Waals surface area contributed by atoms with Crippen molar-refractivity contribution in [1.82, 2.24) is 9.97 Å². The van der Waals surface area contributed by atoms with Gasteiger partial charge in [0, 0.05) is 64.0 Å². The van der Waals surface area contributed by atoms with Gasteiger partial charge < -0.3 is 31.0 Å². The molecule has 0 amide bonds. The van der Waals surface area contributed by atoms with Crippen molar-refractivity contribution in [3.05, 3.63) is 148 Å². The van der Waals surface area contributed by atoms with Crippen LogP contribution in [0.25, 0.3) is 55.2 Å². The summed E-state index contributed by atoms with van der Waals surface area (Å²) in [5.74, 6) is -2.34. The Labute approximate surface area is 295 Å². The number of rotatable bonds is 9. The Balaban J connectivity index is 1.35. The summed E-state index contributed by atoms with van der Waals surface area (Å²) in [5.41, 5.74) is 11.7. The Morgan fingerprint density at radius 1 is 0.692 bits per heavy atom. The minimum absolute atomic E-state index is 0.0572. The predicted octanol–water partition coefficient (Wildman–Crippen LogP) is 7.86. The molecule has 0 radical (unpaired) electrons. The Morgan fingerprint density at radius 2 is 1.31 bits per heavy atom. The molecule has 3 heterocycles. The second kappa shape index (κ2) is 12.9. The van der Waals surface area contributed by atoms with E-state index in [1.54, 1.807) is 30.6 Å². The van der Waals surface area contributed by atoms with Crippen LogP contribution >= 0.6 is 0 Å². The van der Waals surface area contributed by atoms with Crippen LogP contribution in [0.1, 0.15) is 31.8 Å². The standard InChI is InChI=1S/C41H29N5O6/c42-31-15-13-26-35(25-12-11-24(40(48)49)19-28(25)41(50)51)27-14-16-34(47)30(21-46-33-10-2-6-23-8-4-18-44-37(23)33)39(27)52-38(26)29(31)20-45-32-9-1-5-22-7-3-17-43-36(22)32/h1-19,45-46H,20-21,42H2,(H,48,49)(H,50,51). The summed E-state index contributed by atoms with van der Waals surface area (Å²) in [6.07, 6.45) is 3.41. The van der Waals surface area contributed by atoms with Gasteiger partial charge in [0.05, 0.1) is 39.1 Å². The van der Waals surface area contributed by atoms with Gasteiger partial charge in [-0.3, -0.25) is 14.8 Å². The van der Waals surface area contributed by atoms with E-state index >= 15 is 0 Å². The quantitative estimate of drug-likeness (QED) is 0.0736. The van der Waals surface area contributed by atoms with Crippen molar-refractivity contribution in [3.8, 4) is 22.5 Å². The maximum Gasteiger partial charge on any atom is 0.336 e. The van der Waals surface area contributed by atoms with Crippen LogP contribution in [-0.2, 0) is 13.1 Å². The number of para-hydroxylation sites is 2. The van der Waals surface area contributed by atoms with Gasteiger partial charge in [-0.05, 0) is 66.2 Å². The lowest BCUT2D eigenvalue weighted by Crippen LogP contribution is -2.15. The third-order valence-electron chi connectivity index (χ3n) is 9.20. The molecule has 6 aromatic rings. The molecule has 2 aliphatic rings. The first kappa shape index (κ1) is 32.0. The van der Waals surface area contributed by atoms with Gasteiger partial charge in [-0.25, -0.2) is 9.59 Å². The minimum atomic E-state index is -1.31. The first-order valence-electron chi connectivity index (χ1n) is 16.3. The molecule has 11 nitrogen and oxygen atoms in total. The van der Waals surface area contributed by atoms with Gasteiger partial charge in [-0.2, -0.15) is 0 Å². The molecule has 1 aliphatic heterocycles. The fourth-order valence-electron chi connectivity index (χ4n) is 6.70. The molecule has 0 unspecified atom stereocenters. The molecule has 0 fully saturated rings. The number of nitrogen functional groups attached to an aromatic ring is 1. The van der Waals surface area contributed by atoms with Crippen molar-refractivity contribution in [2.75, 3.05) is 16.4 Å². The van der Waals surface area contributed by atoms with Crippen LogP contribution in [0.15, 0.2) is 125 Å². The Bertz CT molecular complexity index is 2750. The molecule has 52 heavy (non-hydrogen) atoms. The molecule has 2 aromatic heterocycles. The van der Waals surface area contributed by atoms with E-state index < -0.39 is 11.9 Å². The Hall–Kier alpha value is -7.27. The number of hydrogen-bond acceptors (Lipinski definition) is 9. The second-order valence-corrected chi connectivity index (χ2v) is 12.2. The van der Waals surface area contributed by atoms with Crippen LogP contribution in [0.2, 0.25) is 0 Å².